The molecule has 0 aliphatic carbocycles. The van der Waals surface area contributed by atoms with Crippen LogP contribution in [0.15, 0.2) is 143 Å². The van der Waals surface area contributed by atoms with Crippen LogP contribution in [0.2, 0.25) is 0 Å². The second-order valence-corrected chi connectivity index (χ2v) is 10.6. The Bertz CT molecular complexity index is 2480. The summed E-state index contributed by atoms with van der Waals surface area (Å²) >= 11 is 0. The summed E-state index contributed by atoms with van der Waals surface area (Å²) in [6.45, 7) is 0. The van der Waals surface area contributed by atoms with Crippen molar-refractivity contribution in [3.05, 3.63) is 134 Å². The maximum atomic E-state index is 6.50. The van der Waals surface area contributed by atoms with Crippen LogP contribution in [0.3, 0.4) is 0 Å². The number of hydrogen-bond donors (Lipinski definition) is 0. The largest absolute Gasteiger partial charge is 0.456 e. The van der Waals surface area contributed by atoms with E-state index in [4.69, 9.17) is 8.83 Å². The molecule has 0 spiro atoms. The predicted molar refractivity (Wildman–Crippen MR) is 170 cm³/mol. The van der Waals surface area contributed by atoms with Crippen molar-refractivity contribution in [2.45, 2.75) is 0 Å². The normalized spacial score (nSPS) is 11.8. The standard InChI is InChI=1S/C38H22N2O2/c1-2-12-29-23(7-1)15-17-31-36-38(42-37(29)31)35(39-22-40-36)28-11-6-10-26(20-28)24-8-5-9-25(19-24)27-16-18-34-32(21-27)30-13-3-4-14-33(30)41-34/h1-22H. The third-order valence-electron chi connectivity index (χ3n) is 8.18. The lowest BCUT2D eigenvalue weighted by molar-refractivity contribution is 0.669. The maximum absolute atomic E-state index is 6.50. The molecule has 0 saturated carbocycles. The average molecular weight is 539 g/mol. The fourth-order valence-electron chi connectivity index (χ4n) is 6.14. The predicted octanol–water partition coefficient (Wildman–Crippen LogP) is 10.4. The van der Waals surface area contributed by atoms with Crippen molar-refractivity contribution < 1.29 is 8.83 Å². The van der Waals surface area contributed by atoms with Gasteiger partial charge in [0.05, 0.1) is 0 Å². The summed E-state index contributed by atoms with van der Waals surface area (Å²) in [5.41, 5.74) is 10.5. The molecule has 196 valence electrons. The lowest BCUT2D eigenvalue weighted by atomic mass is 9.96. The monoisotopic (exact) mass is 538 g/mol. The number of aromatic nitrogens is 2. The summed E-state index contributed by atoms with van der Waals surface area (Å²) in [5, 5.41) is 5.47. The van der Waals surface area contributed by atoms with Crippen molar-refractivity contribution in [1.29, 1.82) is 0 Å². The lowest BCUT2D eigenvalue weighted by Crippen LogP contribution is -1.88. The molecule has 3 heterocycles. The highest BCUT2D eigenvalue weighted by atomic mass is 16.3. The molecule has 3 aromatic heterocycles. The van der Waals surface area contributed by atoms with E-state index in [1.165, 1.54) is 0 Å². The molecule has 0 radical (unpaired) electrons. The Labute approximate surface area is 240 Å². The minimum Gasteiger partial charge on any atom is -0.456 e. The fraction of sp³-hybridized carbons (Fsp3) is 0. The molecule has 0 fully saturated rings. The van der Waals surface area contributed by atoms with Crippen LogP contribution in [0, 0.1) is 0 Å². The summed E-state index contributed by atoms with van der Waals surface area (Å²) < 4.78 is 12.5. The summed E-state index contributed by atoms with van der Waals surface area (Å²) in [6, 6.07) is 44.2. The summed E-state index contributed by atoms with van der Waals surface area (Å²) in [6.07, 6.45) is 1.63. The van der Waals surface area contributed by atoms with E-state index in [0.717, 1.165) is 82.7 Å². The van der Waals surface area contributed by atoms with Crippen molar-refractivity contribution in [2.24, 2.45) is 0 Å². The molecule has 9 rings (SSSR count). The van der Waals surface area contributed by atoms with E-state index in [-0.39, 0.29) is 0 Å². The van der Waals surface area contributed by atoms with Crippen LogP contribution in [-0.4, -0.2) is 9.97 Å². The Kier molecular flexibility index (Phi) is 4.87. The van der Waals surface area contributed by atoms with Gasteiger partial charge in [-0.1, -0.05) is 91.0 Å². The number of furan rings is 2. The van der Waals surface area contributed by atoms with Gasteiger partial charge in [0.2, 0.25) is 0 Å². The van der Waals surface area contributed by atoms with Gasteiger partial charge in [-0.2, -0.15) is 0 Å². The first-order valence-electron chi connectivity index (χ1n) is 14.0. The van der Waals surface area contributed by atoms with Crippen LogP contribution in [0.5, 0.6) is 0 Å². The second-order valence-electron chi connectivity index (χ2n) is 10.6. The van der Waals surface area contributed by atoms with E-state index >= 15 is 0 Å². The van der Waals surface area contributed by atoms with E-state index in [0.29, 0.717) is 5.58 Å². The first-order chi connectivity index (χ1) is 20.8. The van der Waals surface area contributed by atoms with E-state index < -0.39 is 0 Å². The van der Waals surface area contributed by atoms with Crippen LogP contribution in [0.1, 0.15) is 0 Å². The molecule has 0 aliphatic rings. The highest BCUT2D eigenvalue weighted by Crippen LogP contribution is 2.38. The summed E-state index contributed by atoms with van der Waals surface area (Å²) in [5.74, 6) is 0. The van der Waals surface area contributed by atoms with Gasteiger partial charge in [0.15, 0.2) is 5.58 Å². The summed E-state index contributed by atoms with van der Waals surface area (Å²) in [4.78, 5) is 9.30. The molecule has 0 aliphatic heterocycles. The maximum Gasteiger partial charge on any atom is 0.180 e. The van der Waals surface area contributed by atoms with Crippen LogP contribution in [0.25, 0.3) is 88.3 Å². The Morgan fingerprint density at radius 3 is 1.95 bits per heavy atom. The fourth-order valence-corrected chi connectivity index (χ4v) is 6.14. The van der Waals surface area contributed by atoms with Crippen LogP contribution < -0.4 is 0 Å². The van der Waals surface area contributed by atoms with Crippen LogP contribution in [0.4, 0.5) is 0 Å². The molecule has 4 heteroatoms. The molecule has 4 nitrogen and oxygen atoms in total. The van der Waals surface area contributed by atoms with Crippen LogP contribution in [-0.2, 0) is 0 Å². The molecule has 0 amide bonds. The SMILES string of the molecule is c1cc(-c2cccc(-c3ncnc4c3oc3c5ccccc5ccc43)c2)cc(-c2ccc3oc4ccccc4c3c2)c1. The van der Waals surface area contributed by atoms with Gasteiger partial charge in [-0.15, -0.1) is 0 Å². The average Bonchev–Trinajstić information content (AvgIpc) is 3.63. The van der Waals surface area contributed by atoms with Crippen molar-refractivity contribution in [2.75, 3.05) is 0 Å². The number of nitrogens with zero attached hydrogens (tertiary/aromatic N) is 2. The van der Waals surface area contributed by atoms with E-state index in [9.17, 15) is 0 Å². The minimum absolute atomic E-state index is 0.704. The van der Waals surface area contributed by atoms with E-state index in [1.807, 2.05) is 24.3 Å². The van der Waals surface area contributed by atoms with Gasteiger partial charge >= 0.3 is 0 Å². The smallest absolute Gasteiger partial charge is 0.180 e. The zero-order valence-corrected chi connectivity index (χ0v) is 22.4. The molecular formula is C38H22N2O2. The second kappa shape index (κ2) is 8.88. The Morgan fingerprint density at radius 2 is 1.10 bits per heavy atom. The zero-order valence-electron chi connectivity index (χ0n) is 22.4. The van der Waals surface area contributed by atoms with Gasteiger partial charge in [0.25, 0.3) is 0 Å². The Morgan fingerprint density at radius 1 is 0.405 bits per heavy atom. The van der Waals surface area contributed by atoms with Gasteiger partial charge in [0, 0.05) is 27.1 Å². The van der Waals surface area contributed by atoms with Crippen molar-refractivity contribution in [3.8, 4) is 33.5 Å². The van der Waals surface area contributed by atoms with E-state index in [1.54, 1.807) is 6.33 Å². The Hall–Kier alpha value is -5.74. The van der Waals surface area contributed by atoms with Gasteiger partial charge < -0.3 is 8.83 Å². The number of rotatable bonds is 3. The molecule has 9 aromatic rings. The highest BCUT2D eigenvalue weighted by Gasteiger charge is 2.17. The van der Waals surface area contributed by atoms with Crippen molar-refractivity contribution in [1.82, 2.24) is 9.97 Å². The molecule has 6 aromatic carbocycles. The lowest BCUT2D eigenvalue weighted by Gasteiger charge is -2.08. The summed E-state index contributed by atoms with van der Waals surface area (Å²) in [7, 11) is 0. The van der Waals surface area contributed by atoms with Gasteiger partial charge in [-0.05, 0) is 64.0 Å². The number of fused-ring (bicyclic) bond motifs is 8. The zero-order chi connectivity index (χ0) is 27.6. The van der Waals surface area contributed by atoms with Gasteiger partial charge in [-0.3, -0.25) is 0 Å². The first kappa shape index (κ1) is 23.0. The first-order valence-corrected chi connectivity index (χ1v) is 14.0. The number of para-hydroxylation sites is 1. The quantitative estimate of drug-likeness (QED) is 0.224. The molecule has 42 heavy (non-hydrogen) atoms. The van der Waals surface area contributed by atoms with Crippen molar-refractivity contribution in [3.63, 3.8) is 0 Å². The molecular weight excluding hydrogens is 516 g/mol. The minimum atomic E-state index is 0.704. The molecule has 0 atom stereocenters. The highest BCUT2D eigenvalue weighted by molar-refractivity contribution is 6.15. The van der Waals surface area contributed by atoms with Gasteiger partial charge in [-0.25, -0.2) is 9.97 Å². The molecule has 0 bridgehead atoms. The van der Waals surface area contributed by atoms with Gasteiger partial charge in [0.1, 0.15) is 34.3 Å². The van der Waals surface area contributed by atoms with Crippen LogP contribution >= 0.6 is 0 Å². The molecule has 0 unspecified atom stereocenters. The number of hydrogen-bond acceptors (Lipinski definition) is 4. The Balaban J connectivity index is 1.15. The third-order valence-corrected chi connectivity index (χ3v) is 8.18. The third kappa shape index (κ3) is 3.49. The molecule has 0 saturated heterocycles. The molecule has 0 N–H and O–H groups in total. The topological polar surface area (TPSA) is 52.1 Å². The number of benzene rings is 6. The van der Waals surface area contributed by atoms with E-state index in [2.05, 4.69) is 113 Å². The van der Waals surface area contributed by atoms with Crippen molar-refractivity contribution >= 4 is 54.8 Å².